The average molecular weight is 412 g/mol. The van der Waals surface area contributed by atoms with Gasteiger partial charge in [-0.25, -0.2) is 0 Å². The zero-order chi connectivity index (χ0) is 21.0. The third kappa shape index (κ3) is 4.97. The number of anilines is 1. The van der Waals surface area contributed by atoms with Crippen LogP contribution in [0.5, 0.6) is 5.75 Å². The zero-order valence-corrected chi connectivity index (χ0v) is 17.0. The fourth-order valence-corrected chi connectivity index (χ4v) is 3.21. The highest BCUT2D eigenvalue weighted by Crippen LogP contribution is 2.24. The number of primary amides is 1. The van der Waals surface area contributed by atoms with Gasteiger partial charge in [-0.3, -0.25) is 9.59 Å². The molecule has 6 nitrogen and oxygen atoms in total. The summed E-state index contributed by atoms with van der Waals surface area (Å²) in [5.41, 5.74) is 9.09. The maximum absolute atomic E-state index is 12.8. The predicted octanol–water partition coefficient (Wildman–Crippen LogP) is 4.25. The molecule has 0 radical (unpaired) electrons. The molecule has 2 amide bonds. The highest BCUT2D eigenvalue weighted by molar-refractivity contribution is 6.34. The van der Waals surface area contributed by atoms with Crippen molar-refractivity contribution >= 4 is 29.1 Å². The minimum atomic E-state index is -0.418. The largest absolute Gasteiger partial charge is 0.493 e. The van der Waals surface area contributed by atoms with Gasteiger partial charge in [0, 0.05) is 22.8 Å². The Morgan fingerprint density at radius 3 is 2.31 bits per heavy atom. The van der Waals surface area contributed by atoms with Crippen LogP contribution in [0.15, 0.2) is 54.6 Å². The van der Waals surface area contributed by atoms with Gasteiger partial charge >= 0.3 is 0 Å². The molecule has 0 aliphatic heterocycles. The first-order valence-electron chi connectivity index (χ1n) is 9.12. The van der Waals surface area contributed by atoms with Crippen molar-refractivity contribution in [2.24, 2.45) is 5.73 Å². The van der Waals surface area contributed by atoms with E-state index in [1.165, 1.54) is 0 Å². The van der Waals surface area contributed by atoms with E-state index in [2.05, 4.69) is 9.88 Å². The molecular weight excluding hydrogens is 390 g/mol. The molecule has 3 rings (SSSR count). The van der Waals surface area contributed by atoms with E-state index in [0.29, 0.717) is 22.0 Å². The second-order valence-electron chi connectivity index (χ2n) is 6.66. The number of aryl methyl sites for hydroxylation is 2. The van der Waals surface area contributed by atoms with Crippen molar-refractivity contribution in [1.29, 1.82) is 0 Å². The second kappa shape index (κ2) is 8.84. The minimum absolute atomic E-state index is 0.146. The van der Waals surface area contributed by atoms with Gasteiger partial charge < -0.3 is 20.4 Å². The Morgan fingerprint density at radius 1 is 1.03 bits per heavy atom. The van der Waals surface area contributed by atoms with E-state index >= 15 is 0 Å². The summed E-state index contributed by atoms with van der Waals surface area (Å²) in [6, 6.07) is 16.3. The van der Waals surface area contributed by atoms with Gasteiger partial charge in [0.25, 0.3) is 5.91 Å². The van der Waals surface area contributed by atoms with E-state index in [1.807, 2.05) is 32.0 Å². The summed E-state index contributed by atoms with van der Waals surface area (Å²) in [6.07, 6.45) is 0.146. The summed E-state index contributed by atoms with van der Waals surface area (Å²) in [5, 5.41) is 3.22. The molecule has 7 heteroatoms. The van der Waals surface area contributed by atoms with Crippen LogP contribution < -0.4 is 15.8 Å². The van der Waals surface area contributed by atoms with E-state index in [4.69, 9.17) is 22.1 Å². The molecular formula is C22H22ClN3O3. The van der Waals surface area contributed by atoms with Crippen LogP contribution in [0.1, 0.15) is 28.2 Å². The standard InChI is InChI=1S/C22H22ClN3O3/c1-14-3-4-15(2)26(14)17-7-10-20(23)19(13-17)22(28)25-16-5-8-18(9-6-16)29-12-11-21(24)27/h3-10,13H,11-12H2,1-2H3,(H2,24,27)(H,25,28). The SMILES string of the molecule is Cc1ccc(C)n1-c1ccc(Cl)c(C(=O)Nc2ccc(OCCC(N)=O)cc2)c1. The summed E-state index contributed by atoms with van der Waals surface area (Å²) < 4.78 is 7.48. The number of benzene rings is 2. The lowest BCUT2D eigenvalue weighted by Crippen LogP contribution is -2.15. The fourth-order valence-electron chi connectivity index (χ4n) is 3.00. The van der Waals surface area contributed by atoms with E-state index in [-0.39, 0.29) is 18.9 Å². The Hall–Kier alpha value is -3.25. The van der Waals surface area contributed by atoms with Crippen LogP contribution >= 0.6 is 11.6 Å². The topological polar surface area (TPSA) is 86.3 Å². The molecule has 0 unspecified atom stereocenters. The number of amides is 2. The monoisotopic (exact) mass is 411 g/mol. The van der Waals surface area contributed by atoms with Crippen LogP contribution in [0.4, 0.5) is 5.69 Å². The molecule has 29 heavy (non-hydrogen) atoms. The van der Waals surface area contributed by atoms with Gasteiger partial charge in [0.1, 0.15) is 5.75 Å². The first-order chi connectivity index (χ1) is 13.8. The summed E-state index contributed by atoms with van der Waals surface area (Å²) in [4.78, 5) is 23.5. The van der Waals surface area contributed by atoms with Gasteiger partial charge in [-0.05, 0) is 68.4 Å². The number of hydrogen-bond donors (Lipinski definition) is 2. The van der Waals surface area contributed by atoms with Crippen LogP contribution in [0.25, 0.3) is 5.69 Å². The van der Waals surface area contributed by atoms with Crippen molar-refractivity contribution < 1.29 is 14.3 Å². The molecule has 150 valence electrons. The van der Waals surface area contributed by atoms with Gasteiger partial charge in [0.15, 0.2) is 0 Å². The number of hydrogen-bond acceptors (Lipinski definition) is 3. The van der Waals surface area contributed by atoms with Crippen LogP contribution in [-0.2, 0) is 4.79 Å². The molecule has 1 heterocycles. The third-order valence-corrected chi connectivity index (χ3v) is 4.78. The van der Waals surface area contributed by atoms with Crippen LogP contribution in [-0.4, -0.2) is 23.0 Å². The summed E-state index contributed by atoms with van der Waals surface area (Å²) in [7, 11) is 0. The third-order valence-electron chi connectivity index (χ3n) is 4.45. The Balaban J connectivity index is 1.74. The van der Waals surface area contributed by atoms with Crippen LogP contribution in [0.2, 0.25) is 5.02 Å². The summed E-state index contributed by atoms with van der Waals surface area (Å²) >= 11 is 6.28. The Labute approximate surface area is 174 Å². The van der Waals surface area contributed by atoms with Gasteiger partial charge in [0.2, 0.25) is 5.91 Å². The highest BCUT2D eigenvalue weighted by atomic mass is 35.5. The van der Waals surface area contributed by atoms with Crippen molar-refractivity contribution in [3.8, 4) is 11.4 Å². The molecule has 1 aromatic heterocycles. The lowest BCUT2D eigenvalue weighted by atomic mass is 10.1. The Morgan fingerprint density at radius 2 is 1.69 bits per heavy atom. The second-order valence-corrected chi connectivity index (χ2v) is 7.07. The number of aromatic nitrogens is 1. The maximum Gasteiger partial charge on any atom is 0.257 e. The fraction of sp³-hybridized carbons (Fsp3) is 0.182. The number of nitrogens with two attached hydrogens (primary N) is 1. The van der Waals surface area contributed by atoms with Crippen molar-refractivity contribution in [3.63, 3.8) is 0 Å². The molecule has 0 aliphatic carbocycles. The van der Waals surface area contributed by atoms with Gasteiger partial charge in [-0.2, -0.15) is 0 Å². The summed E-state index contributed by atoms with van der Waals surface area (Å²) in [5.74, 6) is -0.136. The zero-order valence-electron chi connectivity index (χ0n) is 16.2. The Kier molecular flexibility index (Phi) is 6.24. The Bertz CT molecular complexity index is 1020. The lowest BCUT2D eigenvalue weighted by Gasteiger charge is -2.13. The molecule has 2 aromatic carbocycles. The number of carbonyl (C=O) groups excluding carboxylic acids is 2. The van der Waals surface area contributed by atoms with Crippen molar-refractivity contribution in [2.45, 2.75) is 20.3 Å². The normalized spacial score (nSPS) is 10.6. The van der Waals surface area contributed by atoms with E-state index in [9.17, 15) is 9.59 Å². The molecule has 0 spiro atoms. The predicted molar refractivity (Wildman–Crippen MR) is 114 cm³/mol. The first-order valence-corrected chi connectivity index (χ1v) is 9.50. The number of nitrogens with zero attached hydrogens (tertiary/aromatic N) is 1. The van der Waals surface area contributed by atoms with Crippen molar-refractivity contribution in [3.05, 3.63) is 76.6 Å². The molecule has 0 bridgehead atoms. The highest BCUT2D eigenvalue weighted by Gasteiger charge is 2.14. The van der Waals surface area contributed by atoms with Crippen molar-refractivity contribution in [1.82, 2.24) is 4.57 Å². The van der Waals surface area contributed by atoms with Crippen molar-refractivity contribution in [2.75, 3.05) is 11.9 Å². The van der Waals surface area contributed by atoms with Gasteiger partial charge in [-0.15, -0.1) is 0 Å². The molecule has 3 N–H and O–H groups in total. The number of rotatable bonds is 7. The lowest BCUT2D eigenvalue weighted by molar-refractivity contribution is -0.118. The van der Waals surface area contributed by atoms with E-state index in [0.717, 1.165) is 17.1 Å². The van der Waals surface area contributed by atoms with E-state index in [1.54, 1.807) is 36.4 Å². The first kappa shape index (κ1) is 20.5. The number of nitrogens with one attached hydrogen (secondary N) is 1. The molecule has 0 atom stereocenters. The molecule has 3 aromatic rings. The quantitative estimate of drug-likeness (QED) is 0.609. The minimum Gasteiger partial charge on any atom is -0.493 e. The number of carbonyl (C=O) groups is 2. The smallest absolute Gasteiger partial charge is 0.257 e. The molecule has 0 aliphatic rings. The van der Waals surface area contributed by atoms with Crippen LogP contribution in [0, 0.1) is 13.8 Å². The molecule has 0 saturated carbocycles. The number of halogens is 1. The summed E-state index contributed by atoms with van der Waals surface area (Å²) in [6.45, 7) is 4.23. The molecule has 0 fully saturated rings. The van der Waals surface area contributed by atoms with Gasteiger partial charge in [-0.1, -0.05) is 11.6 Å². The average Bonchev–Trinajstić information content (AvgIpc) is 3.02. The molecule has 0 saturated heterocycles. The maximum atomic E-state index is 12.8. The van der Waals surface area contributed by atoms with E-state index < -0.39 is 5.91 Å². The number of ether oxygens (including phenoxy) is 1. The van der Waals surface area contributed by atoms with Crippen LogP contribution in [0.3, 0.4) is 0 Å². The van der Waals surface area contributed by atoms with Gasteiger partial charge in [0.05, 0.1) is 23.6 Å².